The highest BCUT2D eigenvalue weighted by Crippen LogP contribution is 2.21. The minimum Gasteiger partial charge on any atom is -0.364 e. The molecule has 8 heteroatoms. The number of nitrogens with zero attached hydrogens (tertiary/aromatic N) is 4. The van der Waals surface area contributed by atoms with Crippen molar-refractivity contribution in [1.29, 1.82) is 0 Å². The first-order valence-corrected chi connectivity index (χ1v) is 8.95. The zero-order valence-corrected chi connectivity index (χ0v) is 15.7. The quantitative estimate of drug-likeness (QED) is 0.547. The maximum absolute atomic E-state index is 13.0. The summed E-state index contributed by atoms with van der Waals surface area (Å²) in [5.74, 6) is -1.05. The van der Waals surface area contributed by atoms with Gasteiger partial charge in [-0.1, -0.05) is 18.2 Å². The molecule has 3 N–H and O–H groups in total. The average molecular weight is 386 g/mol. The van der Waals surface area contributed by atoms with Gasteiger partial charge in [0.15, 0.2) is 0 Å². The number of para-hydroxylation sites is 1. The van der Waals surface area contributed by atoms with Gasteiger partial charge in [-0.05, 0) is 36.8 Å². The average Bonchev–Trinajstić information content (AvgIpc) is 3.06. The summed E-state index contributed by atoms with van der Waals surface area (Å²) < 4.78 is 1.75. The lowest BCUT2D eigenvalue weighted by molar-refractivity contribution is 0.0996. The van der Waals surface area contributed by atoms with Gasteiger partial charge in [-0.15, -0.1) is 0 Å². The molecule has 29 heavy (non-hydrogen) atoms. The summed E-state index contributed by atoms with van der Waals surface area (Å²) in [5, 5.41) is 7.97. The molecule has 144 valence electrons. The number of carbonyl (C=O) groups is 2. The Hall–Kier alpha value is -4.07. The van der Waals surface area contributed by atoms with Crippen molar-refractivity contribution in [2.75, 3.05) is 5.32 Å². The third kappa shape index (κ3) is 3.81. The van der Waals surface area contributed by atoms with E-state index in [1.165, 1.54) is 6.07 Å². The monoisotopic (exact) mass is 386 g/mol. The molecule has 0 atom stereocenters. The SMILES string of the molecule is Cc1nn(Cc2ccncc2)cc1NC(=O)c1cc(C(N)=O)nc2ccccc12. The van der Waals surface area contributed by atoms with Crippen LogP contribution in [0.5, 0.6) is 0 Å². The number of pyridine rings is 2. The van der Waals surface area contributed by atoms with Crippen molar-refractivity contribution in [3.05, 3.63) is 83.6 Å². The summed E-state index contributed by atoms with van der Waals surface area (Å²) in [6.07, 6.45) is 5.21. The minimum absolute atomic E-state index is 0.0407. The number of aryl methyl sites for hydroxylation is 1. The van der Waals surface area contributed by atoms with Gasteiger partial charge in [0.25, 0.3) is 11.8 Å². The van der Waals surface area contributed by atoms with Crippen LogP contribution in [0.2, 0.25) is 0 Å². The van der Waals surface area contributed by atoms with Crippen LogP contribution in [0.15, 0.2) is 61.1 Å². The Morgan fingerprint density at radius 2 is 1.90 bits per heavy atom. The molecule has 0 aliphatic carbocycles. The number of nitrogens with two attached hydrogens (primary N) is 1. The maximum atomic E-state index is 13.0. The predicted octanol–water partition coefficient (Wildman–Crippen LogP) is 2.53. The van der Waals surface area contributed by atoms with E-state index in [0.717, 1.165) is 5.56 Å². The molecule has 0 saturated heterocycles. The number of anilines is 1. The lowest BCUT2D eigenvalue weighted by atomic mass is 10.1. The second-order valence-corrected chi connectivity index (χ2v) is 6.57. The van der Waals surface area contributed by atoms with Gasteiger partial charge in [-0.25, -0.2) is 4.98 Å². The van der Waals surface area contributed by atoms with Crippen molar-refractivity contribution in [2.24, 2.45) is 5.73 Å². The number of rotatable bonds is 5. The standard InChI is InChI=1S/C21H18N6O2/c1-13-19(12-27(26-13)11-14-6-8-23-9-7-14)25-21(29)16-10-18(20(22)28)24-17-5-3-2-4-15(16)17/h2-10,12H,11H2,1H3,(H2,22,28)(H,25,29). The molecular weight excluding hydrogens is 368 g/mol. The third-order valence-corrected chi connectivity index (χ3v) is 4.50. The van der Waals surface area contributed by atoms with Crippen LogP contribution < -0.4 is 11.1 Å². The van der Waals surface area contributed by atoms with Gasteiger partial charge in [0, 0.05) is 24.0 Å². The van der Waals surface area contributed by atoms with Gasteiger partial charge in [0.1, 0.15) is 5.69 Å². The number of hydrogen-bond donors (Lipinski definition) is 2. The summed E-state index contributed by atoms with van der Waals surface area (Å²) in [6, 6.07) is 12.3. The minimum atomic E-state index is -0.689. The molecule has 0 fully saturated rings. The fourth-order valence-electron chi connectivity index (χ4n) is 3.08. The first-order valence-electron chi connectivity index (χ1n) is 8.95. The number of amides is 2. The molecule has 4 rings (SSSR count). The van der Waals surface area contributed by atoms with Gasteiger partial charge < -0.3 is 11.1 Å². The Bertz CT molecular complexity index is 1220. The number of aromatic nitrogens is 4. The molecule has 4 aromatic rings. The summed E-state index contributed by atoms with van der Waals surface area (Å²) in [4.78, 5) is 32.8. The van der Waals surface area contributed by atoms with E-state index in [1.54, 1.807) is 41.5 Å². The first kappa shape index (κ1) is 18.3. The maximum Gasteiger partial charge on any atom is 0.267 e. The summed E-state index contributed by atoms with van der Waals surface area (Å²) >= 11 is 0. The van der Waals surface area contributed by atoms with E-state index in [9.17, 15) is 9.59 Å². The third-order valence-electron chi connectivity index (χ3n) is 4.50. The largest absolute Gasteiger partial charge is 0.364 e. The molecule has 1 aromatic carbocycles. The topological polar surface area (TPSA) is 116 Å². The number of nitrogens with one attached hydrogen (secondary N) is 1. The molecule has 0 aliphatic rings. The van der Waals surface area contributed by atoms with Crippen LogP contribution in [0.4, 0.5) is 5.69 Å². The second-order valence-electron chi connectivity index (χ2n) is 6.57. The lowest BCUT2D eigenvalue weighted by Gasteiger charge is -2.08. The van der Waals surface area contributed by atoms with E-state index >= 15 is 0 Å². The van der Waals surface area contributed by atoms with Gasteiger partial charge in [-0.3, -0.25) is 19.3 Å². The molecule has 8 nitrogen and oxygen atoms in total. The molecule has 0 spiro atoms. The van der Waals surface area contributed by atoms with Crippen molar-refractivity contribution in [3.8, 4) is 0 Å². The Labute approximate surface area is 166 Å². The van der Waals surface area contributed by atoms with Crippen LogP contribution in [-0.4, -0.2) is 31.6 Å². The van der Waals surface area contributed by atoms with Crippen molar-refractivity contribution in [2.45, 2.75) is 13.5 Å². The fraction of sp³-hybridized carbons (Fsp3) is 0.0952. The van der Waals surface area contributed by atoms with E-state index in [4.69, 9.17) is 5.73 Å². The smallest absolute Gasteiger partial charge is 0.267 e. The van der Waals surface area contributed by atoms with Crippen molar-refractivity contribution >= 4 is 28.4 Å². The van der Waals surface area contributed by atoms with Gasteiger partial charge >= 0.3 is 0 Å². The van der Waals surface area contributed by atoms with E-state index in [2.05, 4.69) is 20.4 Å². The van der Waals surface area contributed by atoms with Gasteiger partial charge in [-0.2, -0.15) is 5.10 Å². The van der Waals surface area contributed by atoms with Crippen LogP contribution in [0.1, 0.15) is 32.1 Å². The number of fused-ring (bicyclic) bond motifs is 1. The first-order chi connectivity index (χ1) is 14.0. The van der Waals surface area contributed by atoms with Crippen molar-refractivity contribution in [3.63, 3.8) is 0 Å². The van der Waals surface area contributed by atoms with Crippen LogP contribution in [-0.2, 0) is 6.54 Å². The molecule has 2 amide bonds. The van der Waals surface area contributed by atoms with E-state index < -0.39 is 5.91 Å². The molecule has 0 saturated carbocycles. The molecule has 0 aliphatic heterocycles. The Kier molecular flexibility index (Phi) is 4.74. The van der Waals surface area contributed by atoms with Crippen molar-refractivity contribution < 1.29 is 9.59 Å². The van der Waals surface area contributed by atoms with Crippen LogP contribution in [0.3, 0.4) is 0 Å². The summed E-state index contributed by atoms with van der Waals surface area (Å²) in [5.41, 5.74) is 8.59. The molecule has 3 heterocycles. The Morgan fingerprint density at radius 1 is 1.14 bits per heavy atom. The highest BCUT2D eigenvalue weighted by atomic mass is 16.2. The number of hydrogen-bond acceptors (Lipinski definition) is 5. The number of carbonyl (C=O) groups excluding carboxylic acids is 2. The second kappa shape index (κ2) is 7.51. The van der Waals surface area contributed by atoms with E-state index in [-0.39, 0.29) is 11.6 Å². The number of benzene rings is 1. The number of primary amides is 1. The molecule has 0 unspecified atom stereocenters. The van der Waals surface area contributed by atoms with Crippen LogP contribution in [0.25, 0.3) is 10.9 Å². The zero-order valence-electron chi connectivity index (χ0n) is 15.7. The highest BCUT2D eigenvalue weighted by Gasteiger charge is 2.17. The molecule has 3 aromatic heterocycles. The lowest BCUT2D eigenvalue weighted by Crippen LogP contribution is -2.17. The predicted molar refractivity (Wildman–Crippen MR) is 109 cm³/mol. The molecular formula is C21H18N6O2. The highest BCUT2D eigenvalue weighted by molar-refractivity contribution is 6.13. The Morgan fingerprint density at radius 3 is 2.66 bits per heavy atom. The van der Waals surface area contributed by atoms with Gasteiger partial charge in [0.05, 0.1) is 29.0 Å². The zero-order chi connectivity index (χ0) is 20.4. The summed E-state index contributed by atoms with van der Waals surface area (Å²) in [7, 11) is 0. The molecule has 0 radical (unpaired) electrons. The van der Waals surface area contributed by atoms with Crippen molar-refractivity contribution in [1.82, 2.24) is 19.7 Å². The Balaban J connectivity index is 1.64. The van der Waals surface area contributed by atoms with E-state index in [1.807, 2.05) is 25.1 Å². The van der Waals surface area contributed by atoms with E-state index in [0.29, 0.717) is 34.4 Å². The molecule has 0 bridgehead atoms. The van der Waals surface area contributed by atoms with Gasteiger partial charge in [0.2, 0.25) is 0 Å². The fourth-order valence-corrected chi connectivity index (χ4v) is 3.08. The van der Waals surface area contributed by atoms with Crippen LogP contribution >= 0.6 is 0 Å². The summed E-state index contributed by atoms with van der Waals surface area (Å²) in [6.45, 7) is 2.38. The van der Waals surface area contributed by atoms with Crippen LogP contribution in [0, 0.1) is 6.92 Å². The normalized spacial score (nSPS) is 10.8.